The van der Waals surface area contributed by atoms with Gasteiger partial charge in [0.15, 0.2) is 0 Å². The number of carbonyl (C=O) groups excluding carboxylic acids is 2. The summed E-state index contributed by atoms with van der Waals surface area (Å²) in [6.45, 7) is 5.28. The van der Waals surface area contributed by atoms with Crippen LogP contribution in [0.3, 0.4) is 0 Å². The van der Waals surface area contributed by atoms with Crippen LogP contribution in [-0.4, -0.2) is 39.8 Å². The summed E-state index contributed by atoms with van der Waals surface area (Å²) in [6, 6.07) is 11.8. The van der Waals surface area contributed by atoms with E-state index in [0.717, 1.165) is 48.3 Å². The quantitative estimate of drug-likeness (QED) is 0.371. The highest BCUT2D eigenvalue weighted by Crippen LogP contribution is 2.24. The topological polar surface area (TPSA) is 82.5 Å². The fourth-order valence-electron chi connectivity index (χ4n) is 4.04. The van der Waals surface area contributed by atoms with Crippen molar-refractivity contribution >= 4 is 34.7 Å². The molecule has 0 fully saturated rings. The number of nitrogens with one attached hydrogen (secondary N) is 2. The summed E-state index contributed by atoms with van der Waals surface area (Å²) < 4.78 is 1.86. The molecule has 0 saturated carbocycles. The first-order chi connectivity index (χ1) is 15.7. The Bertz CT molecular complexity index is 1240. The van der Waals surface area contributed by atoms with Gasteiger partial charge in [-0.3, -0.25) is 18.9 Å². The summed E-state index contributed by atoms with van der Waals surface area (Å²) in [5.74, 6) is 0.607. The van der Waals surface area contributed by atoms with Crippen LogP contribution >= 0.6 is 0 Å². The SMILES string of the molecule is CCCCN(C=O)c1c(CC)nc2ccc(C(=O)NCCc3c[nH]c4ccccc34)cn12. The number of H-pyrrole nitrogens is 1. The number of hydrogen-bond acceptors (Lipinski definition) is 3. The maximum atomic E-state index is 12.8. The van der Waals surface area contributed by atoms with E-state index >= 15 is 0 Å². The third-order valence-corrected chi connectivity index (χ3v) is 5.77. The summed E-state index contributed by atoms with van der Waals surface area (Å²) in [5.41, 5.74) is 4.40. The van der Waals surface area contributed by atoms with Crippen molar-refractivity contribution in [2.24, 2.45) is 0 Å². The molecule has 1 aromatic carbocycles. The monoisotopic (exact) mass is 431 g/mol. The molecular weight excluding hydrogens is 402 g/mol. The zero-order chi connectivity index (χ0) is 22.5. The third-order valence-electron chi connectivity index (χ3n) is 5.77. The molecule has 2 N–H and O–H groups in total. The van der Waals surface area contributed by atoms with Crippen molar-refractivity contribution in [3.8, 4) is 0 Å². The molecule has 7 nitrogen and oxygen atoms in total. The number of benzene rings is 1. The molecule has 4 aromatic rings. The summed E-state index contributed by atoms with van der Waals surface area (Å²) in [6.07, 6.45) is 7.98. The highest BCUT2D eigenvalue weighted by atomic mass is 16.1. The van der Waals surface area contributed by atoms with Gasteiger partial charge in [-0.05, 0) is 43.0 Å². The lowest BCUT2D eigenvalue weighted by atomic mass is 10.1. The molecule has 0 aliphatic rings. The van der Waals surface area contributed by atoms with Crippen LogP contribution in [0.25, 0.3) is 16.6 Å². The van der Waals surface area contributed by atoms with Crippen LogP contribution in [0.1, 0.15) is 48.3 Å². The number of anilines is 1. The van der Waals surface area contributed by atoms with E-state index < -0.39 is 0 Å². The molecule has 0 atom stereocenters. The Labute approximate surface area is 187 Å². The minimum atomic E-state index is -0.143. The van der Waals surface area contributed by atoms with Crippen molar-refractivity contribution < 1.29 is 9.59 Å². The van der Waals surface area contributed by atoms with Crippen molar-refractivity contribution in [1.82, 2.24) is 19.7 Å². The van der Waals surface area contributed by atoms with Crippen molar-refractivity contribution in [1.29, 1.82) is 0 Å². The molecule has 0 aliphatic carbocycles. The summed E-state index contributed by atoms with van der Waals surface area (Å²) in [7, 11) is 0. The van der Waals surface area contributed by atoms with Gasteiger partial charge in [0, 0.05) is 36.4 Å². The second-order valence-corrected chi connectivity index (χ2v) is 7.90. The van der Waals surface area contributed by atoms with Crippen molar-refractivity contribution in [2.75, 3.05) is 18.0 Å². The Morgan fingerprint density at radius 2 is 2.06 bits per heavy atom. The molecule has 0 aliphatic heterocycles. The number of nitrogens with zero attached hydrogens (tertiary/aromatic N) is 3. The molecule has 4 rings (SSSR count). The number of aryl methyl sites for hydroxylation is 1. The Kier molecular flexibility index (Phi) is 6.54. The molecule has 32 heavy (non-hydrogen) atoms. The van der Waals surface area contributed by atoms with Crippen molar-refractivity contribution in [3.05, 3.63) is 65.6 Å². The van der Waals surface area contributed by atoms with E-state index in [0.29, 0.717) is 25.1 Å². The number of para-hydroxylation sites is 1. The minimum absolute atomic E-state index is 0.143. The highest BCUT2D eigenvalue weighted by Gasteiger charge is 2.18. The molecule has 2 amide bonds. The van der Waals surface area contributed by atoms with E-state index in [1.54, 1.807) is 17.2 Å². The lowest BCUT2D eigenvalue weighted by Gasteiger charge is -2.18. The van der Waals surface area contributed by atoms with Crippen LogP contribution in [0.15, 0.2) is 48.8 Å². The molecular formula is C25H29N5O2. The van der Waals surface area contributed by atoms with Gasteiger partial charge in [-0.15, -0.1) is 0 Å². The van der Waals surface area contributed by atoms with E-state index in [2.05, 4.69) is 28.3 Å². The molecule has 7 heteroatoms. The molecule has 0 unspecified atom stereocenters. The van der Waals surface area contributed by atoms with Crippen molar-refractivity contribution in [2.45, 2.75) is 39.5 Å². The van der Waals surface area contributed by atoms with Gasteiger partial charge in [0.05, 0.1) is 11.3 Å². The lowest BCUT2D eigenvalue weighted by molar-refractivity contribution is -0.107. The fourth-order valence-corrected chi connectivity index (χ4v) is 4.04. The predicted molar refractivity (Wildman–Crippen MR) is 127 cm³/mol. The van der Waals surface area contributed by atoms with Crippen LogP contribution in [0.4, 0.5) is 5.82 Å². The minimum Gasteiger partial charge on any atom is -0.361 e. The van der Waals surface area contributed by atoms with Gasteiger partial charge in [-0.1, -0.05) is 38.5 Å². The number of aromatic amines is 1. The maximum Gasteiger partial charge on any atom is 0.252 e. The molecule has 0 saturated heterocycles. The van der Waals surface area contributed by atoms with Gasteiger partial charge in [0.1, 0.15) is 11.5 Å². The van der Waals surface area contributed by atoms with Gasteiger partial charge >= 0.3 is 0 Å². The van der Waals surface area contributed by atoms with Crippen LogP contribution in [-0.2, 0) is 17.6 Å². The van der Waals surface area contributed by atoms with Crippen LogP contribution in [0.5, 0.6) is 0 Å². The number of hydrogen-bond donors (Lipinski definition) is 2. The number of imidazole rings is 1. The first-order valence-corrected chi connectivity index (χ1v) is 11.2. The number of fused-ring (bicyclic) bond motifs is 2. The lowest BCUT2D eigenvalue weighted by Crippen LogP contribution is -2.27. The molecule has 0 radical (unpaired) electrons. The van der Waals surface area contributed by atoms with Crippen LogP contribution in [0, 0.1) is 0 Å². The predicted octanol–water partition coefficient (Wildman–Crippen LogP) is 4.11. The average molecular weight is 432 g/mol. The fraction of sp³-hybridized carbons (Fsp3) is 0.320. The van der Waals surface area contributed by atoms with Crippen LogP contribution in [0.2, 0.25) is 0 Å². The molecule has 3 aromatic heterocycles. The zero-order valence-corrected chi connectivity index (χ0v) is 18.6. The number of rotatable bonds is 10. The van der Waals surface area contributed by atoms with Gasteiger partial charge in [0.25, 0.3) is 5.91 Å². The van der Waals surface area contributed by atoms with Crippen molar-refractivity contribution in [3.63, 3.8) is 0 Å². The van der Waals surface area contributed by atoms with E-state index in [1.165, 1.54) is 10.9 Å². The largest absolute Gasteiger partial charge is 0.361 e. The van der Waals surface area contributed by atoms with E-state index in [1.807, 2.05) is 41.8 Å². The van der Waals surface area contributed by atoms with E-state index in [-0.39, 0.29) is 5.91 Å². The second kappa shape index (κ2) is 9.68. The summed E-state index contributed by atoms with van der Waals surface area (Å²) in [4.78, 5) is 34.3. The zero-order valence-electron chi connectivity index (χ0n) is 18.6. The first-order valence-electron chi connectivity index (χ1n) is 11.2. The summed E-state index contributed by atoms with van der Waals surface area (Å²) >= 11 is 0. The Hall–Kier alpha value is -3.61. The highest BCUT2D eigenvalue weighted by molar-refractivity contribution is 5.94. The van der Waals surface area contributed by atoms with Gasteiger partial charge in [-0.25, -0.2) is 4.98 Å². The van der Waals surface area contributed by atoms with Gasteiger partial charge < -0.3 is 10.3 Å². The van der Waals surface area contributed by atoms with E-state index in [4.69, 9.17) is 0 Å². The number of carbonyl (C=O) groups is 2. The number of amides is 2. The van der Waals surface area contributed by atoms with Crippen LogP contribution < -0.4 is 10.2 Å². The Morgan fingerprint density at radius 1 is 1.22 bits per heavy atom. The molecule has 0 bridgehead atoms. The maximum absolute atomic E-state index is 12.8. The smallest absolute Gasteiger partial charge is 0.252 e. The Morgan fingerprint density at radius 3 is 2.84 bits per heavy atom. The summed E-state index contributed by atoms with van der Waals surface area (Å²) in [5, 5.41) is 4.19. The molecule has 3 heterocycles. The standard InChI is InChI=1S/C25H29N5O2/c1-3-5-14-29(17-31)25-21(4-2)28-23-11-10-19(16-30(23)25)24(32)26-13-12-18-15-27-22-9-7-6-8-20(18)22/h6-11,15-17,27H,3-5,12-14H2,1-2H3,(H,26,32). The first kappa shape index (κ1) is 21.6. The third kappa shape index (κ3) is 4.23. The van der Waals surface area contributed by atoms with E-state index in [9.17, 15) is 9.59 Å². The normalized spacial score (nSPS) is 11.2. The van der Waals surface area contributed by atoms with Gasteiger partial charge in [-0.2, -0.15) is 0 Å². The average Bonchev–Trinajstić information content (AvgIpc) is 3.40. The number of unbranched alkanes of at least 4 members (excludes halogenated alkanes) is 1. The number of pyridine rings is 1. The molecule has 0 spiro atoms. The molecule has 166 valence electrons. The van der Waals surface area contributed by atoms with Gasteiger partial charge in [0.2, 0.25) is 6.41 Å². The number of aromatic nitrogens is 3. The Balaban J connectivity index is 1.52. The second-order valence-electron chi connectivity index (χ2n) is 7.90.